The molecule has 1 atom stereocenters. The number of amides is 1. The molecular formula is C26H45NO3S2. The van der Waals surface area contributed by atoms with Crippen molar-refractivity contribution in [3.63, 3.8) is 0 Å². The van der Waals surface area contributed by atoms with Gasteiger partial charge in [0.15, 0.2) is 5.79 Å². The van der Waals surface area contributed by atoms with E-state index in [4.69, 9.17) is 12.6 Å². The van der Waals surface area contributed by atoms with Gasteiger partial charge in [-0.3, -0.25) is 4.79 Å². The standard InChI is InChI=1S/C26H45NO3S2/c1-3-4-5-6-7-8-9-10-11-12-13-16-19-26(29,30)20-25(32,21-27-22(2)28)23-17-14-15-18-24(23)31/h14-15,17-18,29-32H,3-13,16,19-21H2,1-2H3,(H,27,28). The van der Waals surface area contributed by atoms with E-state index in [1.165, 1.54) is 64.7 Å². The van der Waals surface area contributed by atoms with E-state index in [1.54, 1.807) is 0 Å². The highest BCUT2D eigenvalue weighted by atomic mass is 32.1. The number of carbonyl (C=O) groups excluding carboxylic acids is 1. The van der Waals surface area contributed by atoms with Crippen molar-refractivity contribution in [3.8, 4) is 0 Å². The van der Waals surface area contributed by atoms with E-state index in [-0.39, 0.29) is 18.9 Å². The van der Waals surface area contributed by atoms with Gasteiger partial charge in [-0.2, -0.15) is 12.6 Å². The van der Waals surface area contributed by atoms with Crippen LogP contribution in [0, 0.1) is 0 Å². The summed E-state index contributed by atoms with van der Waals surface area (Å²) in [6.07, 6.45) is 15.1. The molecule has 0 fully saturated rings. The Bertz CT molecular complexity index is 654. The van der Waals surface area contributed by atoms with E-state index in [9.17, 15) is 15.0 Å². The maximum atomic E-state index is 11.5. The molecule has 1 aromatic rings. The minimum Gasteiger partial charge on any atom is -0.366 e. The third-order valence-corrected chi connectivity index (χ3v) is 6.99. The molecule has 1 unspecified atom stereocenters. The summed E-state index contributed by atoms with van der Waals surface area (Å²) < 4.78 is -0.926. The number of carbonyl (C=O) groups is 1. The molecule has 0 aliphatic rings. The Kier molecular flexibility index (Phi) is 14.7. The van der Waals surface area contributed by atoms with Gasteiger partial charge in [0.05, 0.1) is 4.75 Å². The summed E-state index contributed by atoms with van der Waals surface area (Å²) in [7, 11) is 0. The molecule has 3 N–H and O–H groups in total. The highest BCUT2D eigenvalue weighted by molar-refractivity contribution is 7.82. The van der Waals surface area contributed by atoms with E-state index in [1.807, 2.05) is 24.3 Å². The van der Waals surface area contributed by atoms with Crippen molar-refractivity contribution in [1.29, 1.82) is 0 Å². The fourth-order valence-electron chi connectivity index (χ4n) is 4.20. The lowest BCUT2D eigenvalue weighted by atomic mass is 9.88. The first kappa shape index (κ1) is 29.3. The third kappa shape index (κ3) is 12.5. The number of rotatable bonds is 18. The van der Waals surface area contributed by atoms with Gasteiger partial charge in [0.25, 0.3) is 0 Å². The largest absolute Gasteiger partial charge is 0.366 e. The van der Waals surface area contributed by atoms with Crippen LogP contribution in [-0.2, 0) is 9.54 Å². The van der Waals surface area contributed by atoms with Gasteiger partial charge in [-0.15, -0.1) is 12.6 Å². The van der Waals surface area contributed by atoms with E-state index < -0.39 is 10.5 Å². The molecule has 32 heavy (non-hydrogen) atoms. The topological polar surface area (TPSA) is 69.6 Å². The molecule has 0 aliphatic carbocycles. The number of thiol groups is 2. The highest BCUT2D eigenvalue weighted by Gasteiger charge is 2.38. The average Bonchev–Trinajstić information content (AvgIpc) is 2.73. The van der Waals surface area contributed by atoms with Crippen LogP contribution in [0.15, 0.2) is 29.2 Å². The van der Waals surface area contributed by atoms with Crippen molar-refractivity contribution >= 4 is 31.2 Å². The second-order valence-electron chi connectivity index (χ2n) is 9.26. The van der Waals surface area contributed by atoms with Crippen molar-refractivity contribution in [1.82, 2.24) is 5.32 Å². The summed E-state index contributed by atoms with van der Waals surface area (Å²) in [6.45, 7) is 3.89. The number of unbranched alkanes of at least 4 members (excludes halogenated alkanes) is 11. The van der Waals surface area contributed by atoms with Crippen LogP contribution in [0.2, 0.25) is 0 Å². The molecular weight excluding hydrogens is 438 g/mol. The van der Waals surface area contributed by atoms with Crippen molar-refractivity contribution in [2.75, 3.05) is 6.54 Å². The van der Waals surface area contributed by atoms with E-state index >= 15 is 0 Å². The minimum atomic E-state index is -1.85. The Labute approximate surface area is 206 Å². The molecule has 1 rings (SSSR count). The normalized spacial score (nSPS) is 13.7. The molecule has 0 aromatic heterocycles. The van der Waals surface area contributed by atoms with Gasteiger partial charge in [-0.1, -0.05) is 95.8 Å². The summed E-state index contributed by atoms with van der Waals surface area (Å²) in [5, 5.41) is 24.2. The Balaban J connectivity index is 2.39. The number of benzene rings is 1. The number of hydrogen-bond acceptors (Lipinski definition) is 5. The molecule has 0 saturated heterocycles. The summed E-state index contributed by atoms with van der Waals surface area (Å²) in [5.41, 5.74) is 0.780. The zero-order valence-electron chi connectivity index (χ0n) is 20.1. The summed E-state index contributed by atoms with van der Waals surface area (Å²) >= 11 is 9.32. The molecule has 0 radical (unpaired) electrons. The molecule has 1 aromatic carbocycles. The van der Waals surface area contributed by atoms with E-state index in [2.05, 4.69) is 24.9 Å². The van der Waals surface area contributed by atoms with Crippen LogP contribution in [0.25, 0.3) is 0 Å². The molecule has 0 spiro atoms. The van der Waals surface area contributed by atoms with Crippen LogP contribution in [0.3, 0.4) is 0 Å². The highest BCUT2D eigenvalue weighted by Crippen LogP contribution is 2.40. The maximum Gasteiger partial charge on any atom is 0.216 e. The molecule has 4 nitrogen and oxygen atoms in total. The summed E-state index contributed by atoms with van der Waals surface area (Å²) in [6, 6.07) is 7.46. The fourth-order valence-corrected chi connectivity index (χ4v) is 5.19. The SMILES string of the molecule is CCCCCCCCCCCCCCC(O)(O)CC(S)(CNC(C)=O)c1ccccc1S. The minimum absolute atomic E-state index is 0.0129. The van der Waals surface area contributed by atoms with Crippen LogP contribution in [0.4, 0.5) is 0 Å². The Morgan fingerprint density at radius 2 is 1.41 bits per heavy atom. The quantitative estimate of drug-likeness (QED) is 0.0953. The first-order valence-corrected chi connectivity index (χ1v) is 13.3. The van der Waals surface area contributed by atoms with E-state index in [0.717, 1.165) is 24.8 Å². The predicted molar refractivity (Wildman–Crippen MR) is 141 cm³/mol. The molecule has 0 saturated carbocycles. The van der Waals surface area contributed by atoms with Gasteiger partial charge < -0.3 is 15.5 Å². The summed E-state index contributed by atoms with van der Waals surface area (Å²) in [4.78, 5) is 12.2. The van der Waals surface area contributed by atoms with Crippen molar-refractivity contribution in [3.05, 3.63) is 29.8 Å². The Morgan fingerprint density at radius 3 is 1.91 bits per heavy atom. The Hall–Kier alpha value is -0.690. The van der Waals surface area contributed by atoms with Crippen LogP contribution in [0.5, 0.6) is 0 Å². The molecule has 6 heteroatoms. The Morgan fingerprint density at radius 1 is 0.906 bits per heavy atom. The summed E-state index contributed by atoms with van der Waals surface area (Å²) in [5.74, 6) is -2.03. The second kappa shape index (κ2) is 16.0. The maximum absolute atomic E-state index is 11.5. The van der Waals surface area contributed by atoms with Crippen molar-refractivity contribution in [2.24, 2.45) is 0 Å². The van der Waals surface area contributed by atoms with Gasteiger partial charge in [-0.25, -0.2) is 0 Å². The molecule has 0 bridgehead atoms. The second-order valence-corrected chi connectivity index (χ2v) is 10.6. The van der Waals surface area contributed by atoms with E-state index in [0.29, 0.717) is 11.3 Å². The van der Waals surface area contributed by atoms with Gasteiger partial charge in [-0.05, 0) is 18.1 Å². The molecule has 0 heterocycles. The number of hydrogen-bond donors (Lipinski definition) is 5. The van der Waals surface area contributed by atoms with Gasteiger partial charge in [0.1, 0.15) is 0 Å². The molecule has 1 amide bonds. The lowest BCUT2D eigenvalue weighted by Gasteiger charge is -2.36. The first-order valence-electron chi connectivity index (χ1n) is 12.4. The lowest BCUT2D eigenvalue weighted by molar-refractivity contribution is -0.176. The fraction of sp³-hybridized carbons (Fsp3) is 0.731. The van der Waals surface area contributed by atoms with Crippen LogP contribution < -0.4 is 5.32 Å². The van der Waals surface area contributed by atoms with Crippen LogP contribution in [0.1, 0.15) is 109 Å². The van der Waals surface area contributed by atoms with Gasteiger partial charge >= 0.3 is 0 Å². The lowest BCUT2D eigenvalue weighted by Crippen LogP contribution is -2.43. The number of aliphatic hydroxyl groups is 2. The number of nitrogens with one attached hydrogen (secondary N) is 1. The average molecular weight is 484 g/mol. The third-order valence-electron chi connectivity index (χ3n) is 6.04. The smallest absolute Gasteiger partial charge is 0.216 e. The van der Waals surface area contributed by atoms with Crippen LogP contribution >= 0.6 is 25.3 Å². The molecule has 0 aliphatic heterocycles. The van der Waals surface area contributed by atoms with Crippen molar-refractivity contribution < 1.29 is 15.0 Å². The first-order chi connectivity index (χ1) is 15.2. The monoisotopic (exact) mass is 483 g/mol. The zero-order chi connectivity index (χ0) is 23.9. The van der Waals surface area contributed by atoms with Gasteiger partial charge in [0.2, 0.25) is 5.91 Å². The zero-order valence-corrected chi connectivity index (χ0v) is 21.9. The van der Waals surface area contributed by atoms with Crippen molar-refractivity contribution in [2.45, 2.75) is 119 Å². The van der Waals surface area contributed by atoms with Gasteiger partial charge in [0, 0.05) is 31.2 Å². The predicted octanol–water partition coefficient (Wildman–Crippen LogP) is 6.40. The molecule has 184 valence electrons. The van der Waals surface area contributed by atoms with Crippen LogP contribution in [-0.4, -0.2) is 28.5 Å².